The van der Waals surface area contributed by atoms with E-state index in [1.807, 2.05) is 0 Å². The molecule has 0 amide bonds. The second-order valence-corrected chi connectivity index (χ2v) is 5.97. The molecule has 1 aliphatic rings. The number of halogens is 1. The molecule has 0 fully saturated rings. The fourth-order valence-electron chi connectivity index (χ4n) is 2.23. The van der Waals surface area contributed by atoms with Crippen molar-refractivity contribution in [1.29, 1.82) is 5.41 Å². The Hall–Kier alpha value is -2.27. The number of allylic oxidation sites excluding steroid dienone is 2. The van der Waals surface area contributed by atoms with Gasteiger partial charge in [0.1, 0.15) is 11.5 Å². The van der Waals surface area contributed by atoms with Crippen molar-refractivity contribution in [3.8, 4) is 5.75 Å². The SMILES string of the molecule is CCCCCCOC1=CC(=Nc2ccc(O)cc2Cl)C(N)=CC1=N. The van der Waals surface area contributed by atoms with Crippen LogP contribution in [0, 0.1) is 5.41 Å². The second-order valence-electron chi connectivity index (χ2n) is 5.56. The smallest absolute Gasteiger partial charge is 0.146 e. The molecular formula is C18H22ClN3O2. The van der Waals surface area contributed by atoms with E-state index in [1.165, 1.54) is 31.1 Å². The van der Waals surface area contributed by atoms with Crippen molar-refractivity contribution in [2.45, 2.75) is 32.6 Å². The lowest BCUT2D eigenvalue weighted by Gasteiger charge is -2.15. The lowest BCUT2D eigenvalue weighted by Crippen LogP contribution is -2.19. The molecule has 0 aromatic heterocycles. The van der Waals surface area contributed by atoms with Gasteiger partial charge < -0.3 is 15.6 Å². The number of ether oxygens (including phenoxy) is 1. The molecule has 1 aromatic rings. The number of nitrogens with two attached hydrogens (primary N) is 1. The maximum Gasteiger partial charge on any atom is 0.146 e. The molecule has 4 N–H and O–H groups in total. The molecule has 0 saturated carbocycles. The zero-order valence-electron chi connectivity index (χ0n) is 13.7. The highest BCUT2D eigenvalue weighted by Gasteiger charge is 2.16. The predicted molar refractivity (Wildman–Crippen MR) is 98.4 cm³/mol. The number of benzene rings is 1. The van der Waals surface area contributed by atoms with Gasteiger partial charge in [-0.25, -0.2) is 4.99 Å². The maximum absolute atomic E-state index is 9.40. The Kier molecular flexibility index (Phi) is 6.44. The predicted octanol–water partition coefficient (Wildman–Crippen LogP) is 4.47. The molecule has 1 aliphatic carbocycles. The van der Waals surface area contributed by atoms with Crippen molar-refractivity contribution in [3.05, 3.63) is 46.8 Å². The van der Waals surface area contributed by atoms with Gasteiger partial charge in [0.25, 0.3) is 0 Å². The first kappa shape index (κ1) is 18.1. The number of unbranched alkanes of at least 4 members (excludes halogenated alkanes) is 3. The van der Waals surface area contributed by atoms with Crippen molar-refractivity contribution in [2.75, 3.05) is 6.61 Å². The molecular weight excluding hydrogens is 326 g/mol. The van der Waals surface area contributed by atoms with Gasteiger partial charge in [0.05, 0.1) is 34.4 Å². The monoisotopic (exact) mass is 347 g/mol. The lowest BCUT2D eigenvalue weighted by molar-refractivity contribution is 0.223. The summed E-state index contributed by atoms with van der Waals surface area (Å²) < 4.78 is 5.69. The summed E-state index contributed by atoms with van der Waals surface area (Å²) in [4.78, 5) is 4.41. The standard InChI is InChI=1S/C18H22ClN3O2/c1-2-3-4-5-8-24-18-11-17(14(20)10-15(18)21)22-16-7-6-12(23)9-13(16)19/h6-7,9-11,21,23H,2-5,8,20H2,1H3. The minimum atomic E-state index is 0.0736. The van der Waals surface area contributed by atoms with E-state index in [2.05, 4.69) is 11.9 Å². The van der Waals surface area contributed by atoms with Crippen LogP contribution in [0.4, 0.5) is 5.69 Å². The third kappa shape index (κ3) is 4.86. The van der Waals surface area contributed by atoms with Gasteiger partial charge >= 0.3 is 0 Å². The lowest BCUT2D eigenvalue weighted by atomic mass is 10.1. The average molecular weight is 348 g/mol. The number of rotatable bonds is 7. The van der Waals surface area contributed by atoms with Crippen LogP contribution < -0.4 is 5.73 Å². The fourth-order valence-corrected chi connectivity index (χ4v) is 2.45. The van der Waals surface area contributed by atoms with Crippen LogP contribution in [0.3, 0.4) is 0 Å². The van der Waals surface area contributed by atoms with Crippen LogP contribution in [-0.4, -0.2) is 23.1 Å². The number of phenolic OH excluding ortho intramolecular Hbond substituents is 1. The van der Waals surface area contributed by atoms with Gasteiger partial charge in [0.2, 0.25) is 0 Å². The molecule has 1 aromatic carbocycles. The fraction of sp³-hybridized carbons (Fsp3) is 0.333. The zero-order chi connectivity index (χ0) is 17.5. The van der Waals surface area contributed by atoms with Gasteiger partial charge in [0.15, 0.2) is 0 Å². The van der Waals surface area contributed by atoms with E-state index in [-0.39, 0.29) is 11.5 Å². The maximum atomic E-state index is 9.40. The second kappa shape index (κ2) is 8.55. The highest BCUT2D eigenvalue weighted by atomic mass is 35.5. The van der Waals surface area contributed by atoms with Crippen LogP contribution in [0.15, 0.2) is 46.8 Å². The molecule has 24 heavy (non-hydrogen) atoms. The largest absolute Gasteiger partial charge is 0.508 e. The summed E-state index contributed by atoms with van der Waals surface area (Å²) in [5, 5.41) is 17.7. The summed E-state index contributed by atoms with van der Waals surface area (Å²) in [5.41, 5.74) is 7.54. The van der Waals surface area contributed by atoms with E-state index in [1.54, 1.807) is 12.1 Å². The first-order chi connectivity index (χ1) is 11.5. The average Bonchev–Trinajstić information content (AvgIpc) is 2.53. The minimum absolute atomic E-state index is 0.0736. The number of phenols is 1. The zero-order valence-corrected chi connectivity index (χ0v) is 14.4. The third-order valence-electron chi connectivity index (χ3n) is 3.56. The highest BCUT2D eigenvalue weighted by Crippen LogP contribution is 2.29. The van der Waals surface area contributed by atoms with E-state index >= 15 is 0 Å². The van der Waals surface area contributed by atoms with Crippen molar-refractivity contribution in [1.82, 2.24) is 0 Å². The van der Waals surface area contributed by atoms with Gasteiger partial charge in [-0.1, -0.05) is 37.8 Å². The summed E-state index contributed by atoms with van der Waals surface area (Å²) in [7, 11) is 0. The summed E-state index contributed by atoms with van der Waals surface area (Å²) in [6, 6.07) is 4.53. The highest BCUT2D eigenvalue weighted by molar-refractivity contribution is 6.33. The van der Waals surface area contributed by atoms with Crippen LogP contribution >= 0.6 is 11.6 Å². The third-order valence-corrected chi connectivity index (χ3v) is 3.86. The summed E-state index contributed by atoms with van der Waals surface area (Å²) in [6.45, 7) is 2.72. The Bertz CT molecular complexity index is 708. The normalized spacial score (nSPS) is 16.1. The number of nitrogens with zero attached hydrogens (tertiary/aromatic N) is 1. The summed E-state index contributed by atoms with van der Waals surface area (Å²) in [6.07, 6.45) is 7.59. The number of nitrogens with one attached hydrogen (secondary N) is 1. The molecule has 6 heteroatoms. The first-order valence-electron chi connectivity index (χ1n) is 7.99. The van der Waals surface area contributed by atoms with E-state index in [9.17, 15) is 5.11 Å². The Labute approximate surface area is 147 Å². The molecule has 0 bridgehead atoms. The van der Waals surface area contributed by atoms with Gasteiger partial charge in [0, 0.05) is 12.1 Å². The van der Waals surface area contributed by atoms with Crippen LogP contribution in [-0.2, 0) is 4.74 Å². The summed E-state index contributed by atoms with van der Waals surface area (Å²) in [5.74, 6) is 0.527. The Morgan fingerprint density at radius 3 is 2.75 bits per heavy atom. The van der Waals surface area contributed by atoms with Gasteiger partial charge in [-0.2, -0.15) is 0 Å². The Morgan fingerprint density at radius 2 is 2.04 bits per heavy atom. The molecule has 128 valence electrons. The molecule has 0 radical (unpaired) electrons. The van der Waals surface area contributed by atoms with Crippen molar-refractivity contribution >= 4 is 28.7 Å². The van der Waals surface area contributed by atoms with E-state index in [4.69, 9.17) is 27.5 Å². The first-order valence-corrected chi connectivity index (χ1v) is 8.37. The molecule has 0 unspecified atom stereocenters. The Morgan fingerprint density at radius 1 is 1.25 bits per heavy atom. The molecule has 2 rings (SSSR count). The molecule has 5 nitrogen and oxygen atoms in total. The molecule has 0 heterocycles. The number of aromatic hydroxyl groups is 1. The van der Waals surface area contributed by atoms with E-state index in [0.29, 0.717) is 34.5 Å². The number of aliphatic imine (C=N–C) groups is 1. The topological polar surface area (TPSA) is 91.7 Å². The van der Waals surface area contributed by atoms with Crippen LogP contribution in [0.5, 0.6) is 5.75 Å². The molecule has 0 saturated heterocycles. The molecule has 0 aliphatic heterocycles. The molecule has 0 spiro atoms. The van der Waals surface area contributed by atoms with Crippen molar-refractivity contribution < 1.29 is 9.84 Å². The van der Waals surface area contributed by atoms with E-state index < -0.39 is 0 Å². The van der Waals surface area contributed by atoms with Crippen molar-refractivity contribution in [2.24, 2.45) is 10.7 Å². The van der Waals surface area contributed by atoms with Crippen LogP contribution in [0.1, 0.15) is 32.6 Å². The van der Waals surface area contributed by atoms with Crippen molar-refractivity contribution in [3.63, 3.8) is 0 Å². The molecule has 0 atom stereocenters. The van der Waals surface area contributed by atoms with Gasteiger partial charge in [-0.15, -0.1) is 0 Å². The van der Waals surface area contributed by atoms with Gasteiger partial charge in [-0.3, -0.25) is 5.41 Å². The summed E-state index contributed by atoms with van der Waals surface area (Å²) >= 11 is 6.07. The van der Waals surface area contributed by atoms with Crippen LogP contribution in [0.2, 0.25) is 5.02 Å². The minimum Gasteiger partial charge on any atom is -0.508 e. The van der Waals surface area contributed by atoms with Crippen LogP contribution in [0.25, 0.3) is 0 Å². The van der Waals surface area contributed by atoms with E-state index in [0.717, 1.165) is 12.8 Å². The Balaban J connectivity index is 2.14. The van der Waals surface area contributed by atoms with Gasteiger partial charge in [-0.05, 0) is 24.6 Å². The quantitative estimate of drug-likeness (QED) is 0.501. The number of hydrogen-bond acceptors (Lipinski definition) is 5. The number of hydrogen-bond donors (Lipinski definition) is 3.